The third-order valence-corrected chi connectivity index (χ3v) is 5.17. The molecule has 3 aromatic carbocycles. The lowest BCUT2D eigenvalue weighted by Crippen LogP contribution is -2.36. The maximum absolute atomic E-state index is 13.7. The summed E-state index contributed by atoms with van der Waals surface area (Å²) >= 11 is 0. The number of benzene rings is 3. The highest BCUT2D eigenvalue weighted by molar-refractivity contribution is 6.30. The summed E-state index contributed by atoms with van der Waals surface area (Å²) in [5.41, 5.74) is 4.80. The Balaban J connectivity index is 1.77. The number of carbonyl (C=O) groups excluding carboxylic acids is 1. The summed E-state index contributed by atoms with van der Waals surface area (Å²) in [6.45, 7) is 2.11. The van der Waals surface area contributed by atoms with Gasteiger partial charge in [-0.2, -0.15) is 0 Å². The maximum atomic E-state index is 13.7. The minimum absolute atomic E-state index is 0.0273. The van der Waals surface area contributed by atoms with Crippen LogP contribution >= 0.6 is 0 Å². The quantitative estimate of drug-likeness (QED) is 0.466. The number of fused-ring (bicyclic) bond motifs is 1. The van der Waals surface area contributed by atoms with E-state index >= 15 is 0 Å². The molecular formula is C25H23NO2. The van der Waals surface area contributed by atoms with Gasteiger partial charge < -0.3 is 9.64 Å². The highest BCUT2D eigenvalue weighted by Crippen LogP contribution is 2.35. The van der Waals surface area contributed by atoms with Crippen molar-refractivity contribution in [2.75, 3.05) is 12.0 Å². The molecule has 1 amide bonds. The van der Waals surface area contributed by atoms with Gasteiger partial charge in [0.1, 0.15) is 5.75 Å². The fraction of sp³-hybridized carbons (Fsp3) is 0.160. The van der Waals surface area contributed by atoms with Crippen LogP contribution in [-0.4, -0.2) is 19.1 Å². The second kappa shape index (κ2) is 7.73. The van der Waals surface area contributed by atoms with E-state index in [0.29, 0.717) is 5.57 Å². The van der Waals surface area contributed by atoms with Crippen molar-refractivity contribution in [1.82, 2.24) is 0 Å². The Bertz CT molecular complexity index is 1010. The second-order valence-electron chi connectivity index (χ2n) is 7.05. The molecule has 3 heteroatoms. The van der Waals surface area contributed by atoms with Crippen LogP contribution in [0.15, 0.2) is 78.9 Å². The van der Waals surface area contributed by atoms with E-state index in [0.717, 1.165) is 29.0 Å². The van der Waals surface area contributed by atoms with Gasteiger partial charge in [-0.1, -0.05) is 60.7 Å². The van der Waals surface area contributed by atoms with E-state index in [2.05, 4.69) is 13.0 Å². The average molecular weight is 369 g/mol. The molecule has 0 N–H and O–H groups in total. The molecule has 0 aromatic heterocycles. The summed E-state index contributed by atoms with van der Waals surface area (Å²) in [6, 6.07) is 25.9. The number of hydrogen-bond donors (Lipinski definition) is 0. The molecule has 4 rings (SSSR count). The smallest absolute Gasteiger partial charge is 0.259 e. The number of carbonyl (C=O) groups is 1. The highest BCUT2D eigenvalue weighted by atomic mass is 16.5. The summed E-state index contributed by atoms with van der Waals surface area (Å²) in [4.78, 5) is 15.6. The van der Waals surface area contributed by atoms with Gasteiger partial charge in [0.05, 0.1) is 7.11 Å². The topological polar surface area (TPSA) is 29.5 Å². The van der Waals surface area contributed by atoms with Crippen LogP contribution in [0.25, 0.3) is 11.6 Å². The monoisotopic (exact) mass is 369 g/mol. The van der Waals surface area contributed by atoms with E-state index in [-0.39, 0.29) is 11.9 Å². The number of ether oxygens (including phenoxy) is 1. The van der Waals surface area contributed by atoms with Crippen molar-refractivity contribution in [1.29, 1.82) is 0 Å². The number of amides is 1. The molecule has 0 saturated carbocycles. The van der Waals surface area contributed by atoms with Crippen molar-refractivity contribution in [2.45, 2.75) is 19.4 Å². The average Bonchev–Trinajstić information content (AvgIpc) is 3.08. The lowest BCUT2D eigenvalue weighted by molar-refractivity contribution is -0.113. The number of para-hydroxylation sites is 1. The van der Waals surface area contributed by atoms with Crippen LogP contribution in [0.1, 0.15) is 23.6 Å². The fourth-order valence-electron chi connectivity index (χ4n) is 3.76. The molecule has 0 saturated heterocycles. The van der Waals surface area contributed by atoms with Crippen LogP contribution in [0.2, 0.25) is 0 Å². The van der Waals surface area contributed by atoms with Gasteiger partial charge in [-0.3, -0.25) is 4.79 Å². The number of rotatable bonds is 4. The van der Waals surface area contributed by atoms with Crippen molar-refractivity contribution in [3.05, 3.63) is 95.6 Å². The molecule has 0 aliphatic carbocycles. The first-order chi connectivity index (χ1) is 13.7. The first-order valence-electron chi connectivity index (χ1n) is 9.50. The normalized spacial score (nSPS) is 16.0. The Kier molecular flexibility index (Phi) is 4.98. The molecule has 3 nitrogen and oxygen atoms in total. The molecule has 1 aliphatic heterocycles. The van der Waals surface area contributed by atoms with Gasteiger partial charge in [0.25, 0.3) is 5.91 Å². The van der Waals surface area contributed by atoms with Crippen molar-refractivity contribution in [2.24, 2.45) is 0 Å². The Labute approximate surface area is 165 Å². The van der Waals surface area contributed by atoms with Gasteiger partial charge in [0, 0.05) is 17.3 Å². The Hall–Kier alpha value is -3.33. The molecule has 1 aliphatic rings. The Morgan fingerprint density at radius 3 is 2.36 bits per heavy atom. The fourth-order valence-corrected chi connectivity index (χ4v) is 3.76. The predicted molar refractivity (Wildman–Crippen MR) is 114 cm³/mol. The van der Waals surface area contributed by atoms with E-state index in [1.165, 1.54) is 5.56 Å². The van der Waals surface area contributed by atoms with Gasteiger partial charge in [-0.15, -0.1) is 0 Å². The van der Waals surface area contributed by atoms with Crippen molar-refractivity contribution in [3.63, 3.8) is 0 Å². The van der Waals surface area contributed by atoms with Gasteiger partial charge >= 0.3 is 0 Å². The molecule has 3 aromatic rings. The van der Waals surface area contributed by atoms with E-state index in [4.69, 9.17) is 4.74 Å². The van der Waals surface area contributed by atoms with E-state index in [1.54, 1.807) is 7.11 Å². The zero-order valence-corrected chi connectivity index (χ0v) is 16.1. The third kappa shape index (κ3) is 3.44. The van der Waals surface area contributed by atoms with Crippen LogP contribution in [0, 0.1) is 0 Å². The Morgan fingerprint density at radius 1 is 0.964 bits per heavy atom. The van der Waals surface area contributed by atoms with Gasteiger partial charge in [-0.25, -0.2) is 0 Å². The largest absolute Gasteiger partial charge is 0.497 e. The highest BCUT2D eigenvalue weighted by Gasteiger charge is 2.32. The number of methoxy groups -OCH3 is 1. The molecular weight excluding hydrogens is 346 g/mol. The SMILES string of the molecule is COc1ccc(/C=C(/C(=O)N2c3ccccc3C[C@H]2C)c2ccccc2)cc1. The summed E-state index contributed by atoms with van der Waals surface area (Å²) < 4.78 is 5.24. The van der Waals surface area contributed by atoms with Crippen LogP contribution in [0.3, 0.4) is 0 Å². The lowest BCUT2D eigenvalue weighted by atomic mass is 10.0. The molecule has 0 radical (unpaired) electrons. The van der Waals surface area contributed by atoms with Crippen molar-refractivity contribution in [3.8, 4) is 5.75 Å². The van der Waals surface area contributed by atoms with Gasteiger partial charge in [-0.05, 0) is 54.3 Å². The first kappa shape index (κ1) is 18.1. The number of anilines is 1. The minimum Gasteiger partial charge on any atom is -0.497 e. The lowest BCUT2D eigenvalue weighted by Gasteiger charge is -2.24. The Morgan fingerprint density at radius 2 is 1.64 bits per heavy atom. The molecule has 0 spiro atoms. The molecule has 140 valence electrons. The zero-order chi connectivity index (χ0) is 19.5. The first-order valence-corrected chi connectivity index (χ1v) is 9.50. The summed E-state index contributed by atoms with van der Waals surface area (Å²) in [6.07, 6.45) is 2.84. The summed E-state index contributed by atoms with van der Waals surface area (Å²) in [5, 5.41) is 0. The molecule has 0 fully saturated rings. The van der Waals surface area contributed by atoms with Crippen LogP contribution in [0.5, 0.6) is 5.75 Å². The van der Waals surface area contributed by atoms with Crippen molar-refractivity contribution >= 4 is 23.2 Å². The van der Waals surface area contributed by atoms with Crippen molar-refractivity contribution < 1.29 is 9.53 Å². The van der Waals surface area contributed by atoms with E-state index in [9.17, 15) is 4.79 Å². The number of nitrogens with zero attached hydrogens (tertiary/aromatic N) is 1. The molecule has 28 heavy (non-hydrogen) atoms. The summed E-state index contributed by atoms with van der Waals surface area (Å²) in [5.74, 6) is 0.825. The molecule has 0 unspecified atom stereocenters. The molecule has 1 atom stereocenters. The minimum atomic E-state index is 0.0273. The van der Waals surface area contributed by atoms with E-state index < -0.39 is 0 Å². The third-order valence-electron chi connectivity index (χ3n) is 5.17. The van der Waals surface area contributed by atoms with Crippen LogP contribution in [0.4, 0.5) is 5.69 Å². The molecule has 0 bridgehead atoms. The second-order valence-corrected chi connectivity index (χ2v) is 7.05. The number of hydrogen-bond acceptors (Lipinski definition) is 2. The van der Waals surface area contributed by atoms with Crippen LogP contribution < -0.4 is 9.64 Å². The van der Waals surface area contributed by atoms with Gasteiger partial charge in [0.2, 0.25) is 0 Å². The predicted octanol–water partition coefficient (Wildman–Crippen LogP) is 5.21. The van der Waals surface area contributed by atoms with Crippen LogP contribution in [-0.2, 0) is 11.2 Å². The standard InChI is InChI=1S/C25H23NO2/c1-18-16-21-10-6-7-11-24(21)26(18)25(27)23(20-8-4-3-5-9-20)17-19-12-14-22(28-2)15-13-19/h3-15,17-18H,16H2,1-2H3/b23-17+/t18-/m1/s1. The van der Waals surface area contributed by atoms with Gasteiger partial charge in [0.15, 0.2) is 0 Å². The summed E-state index contributed by atoms with van der Waals surface area (Å²) in [7, 11) is 1.65. The van der Waals surface area contributed by atoms with E-state index in [1.807, 2.05) is 83.8 Å². The maximum Gasteiger partial charge on any atom is 0.259 e. The zero-order valence-electron chi connectivity index (χ0n) is 16.1. The molecule has 1 heterocycles.